The number of alkyl carbamates (subject to hydrolysis) is 1. The van der Waals surface area contributed by atoms with Crippen molar-refractivity contribution >= 4 is 17.9 Å². The summed E-state index contributed by atoms with van der Waals surface area (Å²) in [5, 5.41) is 5.54. The van der Waals surface area contributed by atoms with Crippen LogP contribution in [0.4, 0.5) is 4.79 Å². The molecule has 0 saturated heterocycles. The Labute approximate surface area is 201 Å². The summed E-state index contributed by atoms with van der Waals surface area (Å²) in [5.41, 5.74) is 2.11. The van der Waals surface area contributed by atoms with Gasteiger partial charge in [0.05, 0.1) is 0 Å². The monoisotopic (exact) mass is 465 g/mol. The van der Waals surface area contributed by atoms with Gasteiger partial charge in [0.1, 0.15) is 18.2 Å². The topological polar surface area (TPSA) is 87.7 Å². The normalized spacial score (nSPS) is 17.9. The van der Waals surface area contributed by atoms with Crippen molar-refractivity contribution in [2.75, 3.05) is 6.54 Å². The fourth-order valence-corrected chi connectivity index (χ4v) is 3.83. The van der Waals surface area contributed by atoms with Crippen molar-refractivity contribution in [2.45, 2.75) is 65.3 Å². The van der Waals surface area contributed by atoms with E-state index in [4.69, 9.17) is 4.74 Å². The Bertz CT molecular complexity index is 999. The highest BCUT2D eigenvalue weighted by molar-refractivity contribution is 5.91. The fourth-order valence-electron chi connectivity index (χ4n) is 3.83. The minimum atomic E-state index is -0.799. The van der Waals surface area contributed by atoms with E-state index in [0.717, 1.165) is 23.1 Å². The lowest BCUT2D eigenvalue weighted by atomic mass is 10.0. The van der Waals surface area contributed by atoms with Crippen LogP contribution >= 0.6 is 0 Å². The van der Waals surface area contributed by atoms with Gasteiger partial charge in [-0.2, -0.15) is 0 Å². The smallest absolute Gasteiger partial charge is 0.408 e. The van der Waals surface area contributed by atoms with Gasteiger partial charge in [0, 0.05) is 12.6 Å². The summed E-state index contributed by atoms with van der Waals surface area (Å²) in [6.07, 6.45) is 0.150. The number of hydrogen-bond acceptors (Lipinski definition) is 4. The summed E-state index contributed by atoms with van der Waals surface area (Å²) >= 11 is 0. The average molecular weight is 466 g/mol. The standard InChI is InChI=1S/C27H35N3O4/c1-18-11-13-21(14-12-18)24(25(32)28-16-20-9-7-6-8-10-20)30(22-15-19(22)2)23(31)17-29-26(33)34-27(3,4)5/h6-14,19,22,24H,15-17H2,1-5H3,(H,28,32)(H,29,33). The first-order valence-electron chi connectivity index (χ1n) is 11.7. The summed E-state index contributed by atoms with van der Waals surface area (Å²) in [5.74, 6) is -0.293. The lowest BCUT2D eigenvalue weighted by molar-refractivity contribution is -0.141. The molecule has 0 aliphatic heterocycles. The van der Waals surface area contributed by atoms with Gasteiger partial charge in [0.25, 0.3) is 0 Å². The van der Waals surface area contributed by atoms with E-state index in [-0.39, 0.29) is 30.3 Å². The molecule has 0 heterocycles. The van der Waals surface area contributed by atoms with E-state index in [9.17, 15) is 14.4 Å². The van der Waals surface area contributed by atoms with E-state index in [2.05, 4.69) is 17.6 Å². The number of rotatable bonds is 8. The van der Waals surface area contributed by atoms with Gasteiger partial charge in [-0.15, -0.1) is 0 Å². The molecule has 7 heteroatoms. The maximum absolute atomic E-state index is 13.5. The molecule has 34 heavy (non-hydrogen) atoms. The number of nitrogens with zero attached hydrogens (tertiary/aromatic N) is 1. The third kappa shape index (κ3) is 7.07. The summed E-state index contributed by atoms with van der Waals surface area (Å²) in [4.78, 5) is 40.6. The van der Waals surface area contributed by atoms with E-state index in [1.54, 1.807) is 25.7 Å². The van der Waals surface area contributed by atoms with Crippen molar-refractivity contribution < 1.29 is 19.1 Å². The lowest BCUT2D eigenvalue weighted by Crippen LogP contribution is -2.49. The predicted molar refractivity (Wildman–Crippen MR) is 131 cm³/mol. The van der Waals surface area contributed by atoms with Crippen molar-refractivity contribution in [3.05, 3.63) is 71.3 Å². The van der Waals surface area contributed by atoms with Crippen LogP contribution in [0.2, 0.25) is 0 Å². The van der Waals surface area contributed by atoms with Crippen LogP contribution in [0.5, 0.6) is 0 Å². The van der Waals surface area contributed by atoms with E-state index >= 15 is 0 Å². The van der Waals surface area contributed by atoms with E-state index in [1.165, 1.54) is 0 Å². The quantitative estimate of drug-likeness (QED) is 0.614. The molecular weight excluding hydrogens is 430 g/mol. The van der Waals surface area contributed by atoms with Crippen molar-refractivity contribution in [1.82, 2.24) is 15.5 Å². The third-order valence-corrected chi connectivity index (χ3v) is 5.72. The summed E-state index contributed by atoms with van der Waals surface area (Å²) in [6, 6.07) is 16.4. The van der Waals surface area contributed by atoms with Crippen molar-refractivity contribution in [1.29, 1.82) is 0 Å². The first-order valence-corrected chi connectivity index (χ1v) is 11.7. The molecule has 1 aliphatic carbocycles. The Balaban J connectivity index is 1.82. The van der Waals surface area contributed by atoms with Crippen LogP contribution in [0.1, 0.15) is 56.8 Å². The molecule has 0 radical (unpaired) electrons. The average Bonchev–Trinajstić information content (AvgIpc) is 3.50. The summed E-state index contributed by atoms with van der Waals surface area (Å²) in [6.45, 7) is 9.43. The van der Waals surface area contributed by atoms with Gasteiger partial charge in [-0.1, -0.05) is 67.1 Å². The zero-order valence-electron chi connectivity index (χ0n) is 20.6. The van der Waals surface area contributed by atoms with Gasteiger partial charge in [0.2, 0.25) is 11.8 Å². The Morgan fingerprint density at radius 3 is 2.21 bits per heavy atom. The minimum absolute atomic E-state index is 0.0679. The first kappa shape index (κ1) is 25.3. The van der Waals surface area contributed by atoms with Crippen LogP contribution in [0.25, 0.3) is 0 Å². The van der Waals surface area contributed by atoms with Crippen molar-refractivity contribution in [3.8, 4) is 0 Å². The number of carbonyl (C=O) groups excluding carboxylic acids is 3. The number of hydrogen-bond donors (Lipinski definition) is 2. The van der Waals surface area contributed by atoms with Crippen LogP contribution in [-0.2, 0) is 20.9 Å². The Kier molecular flexibility index (Phi) is 7.97. The van der Waals surface area contributed by atoms with Gasteiger partial charge >= 0.3 is 6.09 Å². The highest BCUT2D eigenvalue weighted by Gasteiger charge is 2.46. The Morgan fingerprint density at radius 1 is 1.03 bits per heavy atom. The second-order valence-corrected chi connectivity index (χ2v) is 9.95. The van der Waals surface area contributed by atoms with E-state index in [0.29, 0.717) is 6.54 Å². The molecule has 2 aromatic rings. The SMILES string of the molecule is Cc1ccc(C(C(=O)NCc2ccccc2)N(C(=O)CNC(=O)OC(C)(C)C)C2CC2C)cc1. The molecule has 3 unspecified atom stereocenters. The second kappa shape index (κ2) is 10.7. The summed E-state index contributed by atoms with van der Waals surface area (Å²) < 4.78 is 5.26. The molecule has 1 saturated carbocycles. The number of amides is 3. The third-order valence-electron chi connectivity index (χ3n) is 5.72. The number of nitrogens with one attached hydrogen (secondary N) is 2. The zero-order chi connectivity index (χ0) is 24.9. The van der Waals surface area contributed by atoms with Gasteiger partial charge in [-0.05, 0) is 51.2 Å². The molecular formula is C27H35N3O4. The van der Waals surface area contributed by atoms with E-state index < -0.39 is 17.7 Å². The van der Waals surface area contributed by atoms with Crippen LogP contribution in [0.15, 0.2) is 54.6 Å². The fraction of sp³-hybridized carbons (Fsp3) is 0.444. The van der Waals surface area contributed by atoms with Crippen molar-refractivity contribution in [3.63, 3.8) is 0 Å². The molecule has 1 aliphatic rings. The molecule has 0 bridgehead atoms. The molecule has 7 nitrogen and oxygen atoms in total. The minimum Gasteiger partial charge on any atom is -0.444 e. The Morgan fingerprint density at radius 2 is 1.65 bits per heavy atom. The molecule has 3 amide bonds. The summed E-state index contributed by atoms with van der Waals surface area (Å²) in [7, 11) is 0. The van der Waals surface area contributed by atoms with E-state index in [1.807, 2.05) is 61.5 Å². The Hall–Kier alpha value is -3.35. The number of aryl methyl sites for hydroxylation is 1. The predicted octanol–water partition coefficient (Wildman–Crippen LogP) is 4.11. The highest BCUT2D eigenvalue weighted by atomic mass is 16.6. The molecule has 0 aromatic heterocycles. The first-order chi connectivity index (χ1) is 16.0. The van der Waals surface area contributed by atoms with Crippen LogP contribution in [0, 0.1) is 12.8 Å². The van der Waals surface area contributed by atoms with Crippen molar-refractivity contribution in [2.24, 2.45) is 5.92 Å². The zero-order valence-corrected chi connectivity index (χ0v) is 20.6. The molecule has 2 aromatic carbocycles. The maximum atomic E-state index is 13.5. The van der Waals surface area contributed by atoms with Gasteiger partial charge in [-0.25, -0.2) is 4.79 Å². The molecule has 3 atom stereocenters. The number of benzene rings is 2. The van der Waals surface area contributed by atoms with Crippen LogP contribution in [-0.4, -0.2) is 41.0 Å². The maximum Gasteiger partial charge on any atom is 0.408 e. The highest BCUT2D eigenvalue weighted by Crippen LogP contribution is 2.40. The van der Waals surface area contributed by atoms with Gasteiger partial charge in [0.15, 0.2) is 0 Å². The van der Waals surface area contributed by atoms with Gasteiger partial charge in [-0.3, -0.25) is 9.59 Å². The largest absolute Gasteiger partial charge is 0.444 e. The van der Waals surface area contributed by atoms with Gasteiger partial charge < -0.3 is 20.3 Å². The number of ether oxygens (including phenoxy) is 1. The van der Waals surface area contributed by atoms with Crippen LogP contribution < -0.4 is 10.6 Å². The molecule has 0 spiro atoms. The van der Waals surface area contributed by atoms with Crippen LogP contribution in [0.3, 0.4) is 0 Å². The lowest BCUT2D eigenvalue weighted by Gasteiger charge is -2.32. The molecule has 1 fully saturated rings. The molecule has 182 valence electrons. The second-order valence-electron chi connectivity index (χ2n) is 9.95. The molecule has 2 N–H and O–H groups in total. The number of carbonyl (C=O) groups is 3. The molecule has 3 rings (SSSR count).